The van der Waals surface area contributed by atoms with Crippen molar-refractivity contribution in [3.63, 3.8) is 0 Å². The Morgan fingerprint density at radius 2 is 1.74 bits per heavy atom. The molecule has 2 atom stereocenters. The summed E-state index contributed by atoms with van der Waals surface area (Å²) in [5.74, 6) is 5.77. The Bertz CT molecular complexity index is 367. The van der Waals surface area contributed by atoms with Gasteiger partial charge in [0.1, 0.15) is 0 Å². The fourth-order valence-corrected chi connectivity index (χ4v) is 2.34. The van der Waals surface area contributed by atoms with Gasteiger partial charge in [-0.05, 0) is 29.9 Å². The zero-order valence-corrected chi connectivity index (χ0v) is 12.9. The van der Waals surface area contributed by atoms with Crippen LogP contribution in [-0.4, -0.2) is 12.7 Å². The van der Waals surface area contributed by atoms with Crippen molar-refractivity contribution >= 4 is 0 Å². The quantitative estimate of drug-likeness (QED) is 0.612. The number of benzene rings is 1. The molecule has 108 valence electrons. The maximum Gasteiger partial charge on any atom is 0.0830 e. The Labute approximate surface area is 117 Å². The van der Waals surface area contributed by atoms with Gasteiger partial charge in [-0.1, -0.05) is 52.0 Å². The maximum absolute atomic E-state index is 5.93. The minimum Gasteiger partial charge on any atom is -0.376 e. The fraction of sp³-hybridized carbons (Fsp3) is 0.625. The van der Waals surface area contributed by atoms with Crippen molar-refractivity contribution in [1.82, 2.24) is 5.43 Å². The van der Waals surface area contributed by atoms with Gasteiger partial charge in [-0.3, -0.25) is 11.3 Å². The first kappa shape index (κ1) is 16.2. The third-order valence-corrected chi connectivity index (χ3v) is 3.43. The van der Waals surface area contributed by atoms with E-state index in [9.17, 15) is 0 Å². The minimum absolute atomic E-state index is 0.00542. The van der Waals surface area contributed by atoms with E-state index in [0.29, 0.717) is 6.61 Å². The molecule has 0 saturated carbocycles. The SMILES string of the molecule is CCOC(C(NN)c1ccc(CC)cc1)C(C)(C)C. The molecule has 1 aromatic rings. The molecule has 0 saturated heterocycles. The normalized spacial score (nSPS) is 15.3. The summed E-state index contributed by atoms with van der Waals surface area (Å²) < 4.78 is 5.93. The third kappa shape index (κ3) is 4.30. The summed E-state index contributed by atoms with van der Waals surface area (Å²) in [6, 6.07) is 8.60. The van der Waals surface area contributed by atoms with E-state index >= 15 is 0 Å². The number of ether oxygens (including phenoxy) is 1. The molecule has 0 aliphatic rings. The standard InChI is InChI=1S/C16H28N2O/c1-6-12-8-10-13(11-9-12)14(18-17)15(19-7-2)16(3,4)5/h8-11,14-15,18H,6-7,17H2,1-5H3. The molecule has 3 nitrogen and oxygen atoms in total. The van der Waals surface area contributed by atoms with E-state index < -0.39 is 0 Å². The first-order chi connectivity index (χ1) is 8.93. The van der Waals surface area contributed by atoms with Crippen LogP contribution in [0.2, 0.25) is 0 Å². The van der Waals surface area contributed by atoms with E-state index in [2.05, 4.69) is 57.4 Å². The lowest BCUT2D eigenvalue weighted by atomic mass is 9.82. The average Bonchev–Trinajstić information content (AvgIpc) is 2.38. The molecule has 0 fully saturated rings. The molecule has 0 heterocycles. The lowest BCUT2D eigenvalue weighted by Crippen LogP contribution is -2.44. The highest BCUT2D eigenvalue weighted by atomic mass is 16.5. The van der Waals surface area contributed by atoms with Gasteiger partial charge in [-0.2, -0.15) is 0 Å². The highest BCUT2D eigenvalue weighted by Crippen LogP contribution is 2.32. The number of hydrogen-bond donors (Lipinski definition) is 2. The number of rotatable bonds is 6. The van der Waals surface area contributed by atoms with Crippen molar-refractivity contribution in [1.29, 1.82) is 0 Å². The fourth-order valence-electron chi connectivity index (χ4n) is 2.34. The molecule has 0 aliphatic carbocycles. The van der Waals surface area contributed by atoms with Gasteiger partial charge >= 0.3 is 0 Å². The van der Waals surface area contributed by atoms with E-state index in [1.807, 2.05) is 6.92 Å². The Balaban J connectivity index is 3.01. The topological polar surface area (TPSA) is 47.3 Å². The number of nitrogens with two attached hydrogens (primary N) is 1. The number of hydrogen-bond acceptors (Lipinski definition) is 3. The molecular formula is C16H28N2O. The van der Waals surface area contributed by atoms with Crippen LogP contribution in [0, 0.1) is 5.41 Å². The molecule has 1 aromatic carbocycles. The van der Waals surface area contributed by atoms with Crippen molar-refractivity contribution in [2.24, 2.45) is 11.3 Å². The Morgan fingerprint density at radius 3 is 2.11 bits per heavy atom. The van der Waals surface area contributed by atoms with Gasteiger partial charge < -0.3 is 4.74 Å². The molecule has 0 aliphatic heterocycles. The van der Waals surface area contributed by atoms with Gasteiger partial charge in [-0.25, -0.2) is 0 Å². The second kappa shape index (κ2) is 7.04. The third-order valence-electron chi connectivity index (χ3n) is 3.43. The van der Waals surface area contributed by atoms with E-state index in [4.69, 9.17) is 10.6 Å². The van der Waals surface area contributed by atoms with Crippen LogP contribution >= 0.6 is 0 Å². The second-order valence-electron chi connectivity index (χ2n) is 5.98. The Morgan fingerprint density at radius 1 is 1.16 bits per heavy atom. The maximum atomic E-state index is 5.93. The summed E-state index contributed by atoms with van der Waals surface area (Å²) in [6.45, 7) is 11.4. The van der Waals surface area contributed by atoms with Crippen LogP contribution in [0.25, 0.3) is 0 Å². The van der Waals surface area contributed by atoms with Crippen LogP contribution in [0.15, 0.2) is 24.3 Å². The lowest BCUT2D eigenvalue weighted by molar-refractivity contribution is -0.0366. The second-order valence-corrected chi connectivity index (χ2v) is 5.98. The van der Waals surface area contributed by atoms with Gasteiger partial charge in [0.2, 0.25) is 0 Å². The highest BCUT2D eigenvalue weighted by Gasteiger charge is 2.33. The van der Waals surface area contributed by atoms with E-state index in [0.717, 1.165) is 6.42 Å². The molecule has 0 amide bonds. The van der Waals surface area contributed by atoms with Gasteiger partial charge in [0.15, 0.2) is 0 Å². The Hall–Kier alpha value is -0.900. The number of nitrogens with one attached hydrogen (secondary N) is 1. The summed E-state index contributed by atoms with van der Waals surface area (Å²) in [6.07, 6.45) is 1.09. The van der Waals surface area contributed by atoms with Crippen LogP contribution < -0.4 is 11.3 Å². The van der Waals surface area contributed by atoms with Crippen molar-refractivity contribution < 1.29 is 4.74 Å². The van der Waals surface area contributed by atoms with Crippen molar-refractivity contribution in [2.45, 2.75) is 53.2 Å². The zero-order valence-electron chi connectivity index (χ0n) is 12.9. The summed E-state index contributed by atoms with van der Waals surface area (Å²) >= 11 is 0. The van der Waals surface area contributed by atoms with Crippen molar-refractivity contribution in [3.8, 4) is 0 Å². The first-order valence-electron chi connectivity index (χ1n) is 7.10. The zero-order chi connectivity index (χ0) is 14.5. The number of aryl methyl sites for hydroxylation is 1. The van der Waals surface area contributed by atoms with Crippen LogP contribution in [0.4, 0.5) is 0 Å². The van der Waals surface area contributed by atoms with E-state index in [1.165, 1.54) is 11.1 Å². The molecule has 0 radical (unpaired) electrons. The molecule has 3 heteroatoms. The monoisotopic (exact) mass is 264 g/mol. The molecule has 1 rings (SSSR count). The average molecular weight is 264 g/mol. The summed E-state index contributed by atoms with van der Waals surface area (Å²) in [5.41, 5.74) is 5.46. The molecule has 19 heavy (non-hydrogen) atoms. The van der Waals surface area contributed by atoms with E-state index in [1.54, 1.807) is 0 Å². The molecule has 0 aromatic heterocycles. The van der Waals surface area contributed by atoms with Gasteiger partial charge in [0, 0.05) is 6.61 Å². The molecule has 3 N–H and O–H groups in total. The largest absolute Gasteiger partial charge is 0.376 e. The summed E-state index contributed by atoms with van der Waals surface area (Å²) in [7, 11) is 0. The number of hydrazine groups is 1. The van der Waals surface area contributed by atoms with E-state index in [-0.39, 0.29) is 17.6 Å². The van der Waals surface area contributed by atoms with Crippen LogP contribution in [-0.2, 0) is 11.2 Å². The Kier molecular flexibility index (Phi) is 5.98. The van der Waals surface area contributed by atoms with Crippen molar-refractivity contribution in [2.75, 3.05) is 6.61 Å². The molecular weight excluding hydrogens is 236 g/mol. The highest BCUT2D eigenvalue weighted by molar-refractivity contribution is 5.26. The summed E-state index contributed by atoms with van der Waals surface area (Å²) in [4.78, 5) is 0. The van der Waals surface area contributed by atoms with Crippen molar-refractivity contribution in [3.05, 3.63) is 35.4 Å². The summed E-state index contributed by atoms with van der Waals surface area (Å²) in [5, 5.41) is 0. The van der Waals surface area contributed by atoms with Crippen LogP contribution in [0.3, 0.4) is 0 Å². The van der Waals surface area contributed by atoms with Gasteiger partial charge in [-0.15, -0.1) is 0 Å². The van der Waals surface area contributed by atoms with Gasteiger partial charge in [0.05, 0.1) is 12.1 Å². The molecule has 0 spiro atoms. The first-order valence-corrected chi connectivity index (χ1v) is 7.10. The molecule has 0 bridgehead atoms. The predicted molar refractivity (Wildman–Crippen MR) is 80.8 cm³/mol. The minimum atomic E-state index is 0.00542. The van der Waals surface area contributed by atoms with Crippen LogP contribution in [0.1, 0.15) is 51.8 Å². The molecule has 2 unspecified atom stereocenters. The van der Waals surface area contributed by atoms with Gasteiger partial charge in [0.25, 0.3) is 0 Å². The smallest absolute Gasteiger partial charge is 0.0830 e. The lowest BCUT2D eigenvalue weighted by Gasteiger charge is -2.36. The predicted octanol–water partition coefficient (Wildman–Crippen LogP) is 3.20. The van der Waals surface area contributed by atoms with Crippen LogP contribution in [0.5, 0.6) is 0 Å².